The standard InChI is InChI=1S/C8H13/c1-6-7-2-3-8(6)5-4-7/h7-8H,2-5H2,1H3. The van der Waals surface area contributed by atoms with Gasteiger partial charge >= 0.3 is 0 Å². The van der Waals surface area contributed by atoms with Crippen LogP contribution in [0.5, 0.6) is 0 Å². The van der Waals surface area contributed by atoms with Crippen LogP contribution in [0.15, 0.2) is 0 Å². The van der Waals surface area contributed by atoms with Gasteiger partial charge in [-0.1, -0.05) is 6.92 Å². The predicted molar refractivity (Wildman–Crippen MR) is 34.4 cm³/mol. The molecule has 8 heavy (non-hydrogen) atoms. The Morgan fingerprint density at radius 1 is 1.00 bits per heavy atom. The van der Waals surface area contributed by atoms with E-state index in [1.807, 2.05) is 5.92 Å². The summed E-state index contributed by atoms with van der Waals surface area (Å²) in [6.07, 6.45) is 6.04. The minimum absolute atomic E-state index is 1.06. The third-order valence-electron chi connectivity index (χ3n) is 3.02. The Kier molecular flexibility index (Phi) is 0.902. The van der Waals surface area contributed by atoms with E-state index in [4.69, 9.17) is 0 Å². The monoisotopic (exact) mass is 109 g/mol. The molecule has 0 aromatic carbocycles. The van der Waals surface area contributed by atoms with E-state index >= 15 is 0 Å². The Morgan fingerprint density at radius 2 is 1.38 bits per heavy atom. The fraction of sp³-hybridized carbons (Fsp3) is 0.875. The molecule has 0 heteroatoms. The normalized spacial score (nSPS) is 46.1. The topological polar surface area (TPSA) is 0 Å². The average molecular weight is 109 g/mol. The Morgan fingerprint density at radius 3 is 1.50 bits per heavy atom. The summed E-state index contributed by atoms with van der Waals surface area (Å²) in [6.45, 7) is 2.36. The van der Waals surface area contributed by atoms with E-state index in [1.165, 1.54) is 25.7 Å². The molecule has 0 atom stereocenters. The highest BCUT2D eigenvalue weighted by atomic mass is 14.4. The van der Waals surface area contributed by atoms with Crippen LogP contribution in [0, 0.1) is 17.8 Å². The molecule has 0 saturated heterocycles. The summed E-state index contributed by atoms with van der Waals surface area (Å²) in [5.41, 5.74) is 0. The van der Waals surface area contributed by atoms with Gasteiger partial charge in [-0.25, -0.2) is 0 Å². The van der Waals surface area contributed by atoms with Gasteiger partial charge in [-0.15, -0.1) is 0 Å². The molecule has 0 N–H and O–H groups in total. The SMILES string of the molecule is C[C]1C2CCC1CC2. The van der Waals surface area contributed by atoms with Crippen molar-refractivity contribution in [1.82, 2.24) is 0 Å². The van der Waals surface area contributed by atoms with Crippen molar-refractivity contribution in [2.45, 2.75) is 32.6 Å². The first-order valence-corrected chi connectivity index (χ1v) is 3.71. The van der Waals surface area contributed by atoms with Crippen molar-refractivity contribution in [3.63, 3.8) is 0 Å². The Labute approximate surface area is 51.3 Å². The van der Waals surface area contributed by atoms with Crippen LogP contribution in [-0.4, -0.2) is 0 Å². The molecule has 0 amide bonds. The first kappa shape index (κ1) is 4.84. The molecular weight excluding hydrogens is 96.1 g/mol. The second-order valence-corrected chi connectivity index (χ2v) is 3.29. The van der Waals surface area contributed by atoms with Crippen LogP contribution in [0.1, 0.15) is 32.6 Å². The van der Waals surface area contributed by atoms with Gasteiger partial charge in [0.25, 0.3) is 0 Å². The van der Waals surface area contributed by atoms with Gasteiger partial charge in [0.2, 0.25) is 0 Å². The van der Waals surface area contributed by atoms with Crippen LogP contribution in [-0.2, 0) is 0 Å². The lowest BCUT2D eigenvalue weighted by atomic mass is 10.0. The van der Waals surface area contributed by atoms with Crippen molar-refractivity contribution >= 4 is 0 Å². The Balaban J connectivity index is 2.16. The van der Waals surface area contributed by atoms with Gasteiger partial charge < -0.3 is 0 Å². The zero-order chi connectivity index (χ0) is 5.56. The summed E-state index contributed by atoms with van der Waals surface area (Å²) in [6, 6.07) is 0. The summed E-state index contributed by atoms with van der Waals surface area (Å²) < 4.78 is 0. The van der Waals surface area contributed by atoms with Crippen molar-refractivity contribution < 1.29 is 0 Å². The predicted octanol–water partition coefficient (Wildman–Crippen LogP) is 2.40. The van der Waals surface area contributed by atoms with Crippen molar-refractivity contribution in [2.75, 3.05) is 0 Å². The highest BCUT2D eigenvalue weighted by Gasteiger charge is 2.38. The number of hydrogen-bond acceptors (Lipinski definition) is 0. The highest BCUT2D eigenvalue weighted by Crippen LogP contribution is 2.50. The third kappa shape index (κ3) is 0.463. The molecule has 0 aromatic heterocycles. The Hall–Kier alpha value is 0. The molecule has 0 spiro atoms. The van der Waals surface area contributed by atoms with Crippen molar-refractivity contribution in [3.05, 3.63) is 5.92 Å². The maximum atomic E-state index is 2.36. The minimum Gasteiger partial charge on any atom is -0.0586 e. The van der Waals surface area contributed by atoms with Crippen LogP contribution in [0.2, 0.25) is 0 Å². The van der Waals surface area contributed by atoms with Crippen molar-refractivity contribution in [1.29, 1.82) is 0 Å². The zero-order valence-corrected chi connectivity index (χ0v) is 5.48. The summed E-state index contributed by atoms with van der Waals surface area (Å²) in [5.74, 6) is 3.94. The molecule has 2 rings (SSSR count). The van der Waals surface area contributed by atoms with Crippen LogP contribution in [0.4, 0.5) is 0 Å². The largest absolute Gasteiger partial charge is 0.0586 e. The van der Waals surface area contributed by atoms with Gasteiger partial charge in [0.05, 0.1) is 0 Å². The molecule has 0 heterocycles. The molecular formula is C8H13. The van der Waals surface area contributed by atoms with E-state index in [1.54, 1.807) is 0 Å². The average Bonchev–Trinajstić information content (AvgIpc) is 2.29. The number of fused-ring (bicyclic) bond motifs is 2. The van der Waals surface area contributed by atoms with Gasteiger partial charge in [-0.3, -0.25) is 0 Å². The summed E-state index contributed by atoms with van der Waals surface area (Å²) >= 11 is 0. The van der Waals surface area contributed by atoms with Gasteiger partial charge in [-0.05, 0) is 43.4 Å². The van der Waals surface area contributed by atoms with Crippen molar-refractivity contribution in [3.8, 4) is 0 Å². The van der Waals surface area contributed by atoms with Crippen LogP contribution >= 0.6 is 0 Å². The molecule has 45 valence electrons. The maximum absolute atomic E-state index is 2.36. The van der Waals surface area contributed by atoms with Crippen LogP contribution in [0.3, 0.4) is 0 Å². The van der Waals surface area contributed by atoms with Gasteiger partial charge in [0, 0.05) is 0 Å². The quantitative estimate of drug-likeness (QED) is 0.448. The summed E-state index contributed by atoms with van der Waals surface area (Å²) in [5, 5.41) is 0. The first-order chi connectivity index (χ1) is 3.88. The van der Waals surface area contributed by atoms with Gasteiger partial charge in [0.1, 0.15) is 0 Å². The minimum atomic E-state index is 1.06. The first-order valence-electron chi connectivity index (χ1n) is 3.71. The lowest BCUT2D eigenvalue weighted by molar-refractivity contribution is 0.480. The van der Waals surface area contributed by atoms with Gasteiger partial charge in [-0.2, -0.15) is 0 Å². The van der Waals surface area contributed by atoms with E-state index in [0.29, 0.717) is 0 Å². The summed E-state index contributed by atoms with van der Waals surface area (Å²) in [4.78, 5) is 0. The second-order valence-electron chi connectivity index (χ2n) is 3.29. The molecule has 2 aliphatic carbocycles. The zero-order valence-electron chi connectivity index (χ0n) is 5.48. The van der Waals surface area contributed by atoms with E-state index in [9.17, 15) is 0 Å². The van der Waals surface area contributed by atoms with Crippen LogP contribution < -0.4 is 0 Å². The van der Waals surface area contributed by atoms with E-state index in [2.05, 4.69) is 6.92 Å². The molecule has 0 aromatic rings. The second kappa shape index (κ2) is 1.49. The van der Waals surface area contributed by atoms with E-state index in [0.717, 1.165) is 11.8 Å². The Bertz CT molecular complexity index is 76.2. The smallest absolute Gasteiger partial charge is 0.0210 e. The highest BCUT2D eigenvalue weighted by molar-refractivity contribution is 5.08. The number of rotatable bonds is 0. The lowest BCUT2D eigenvalue weighted by Gasteiger charge is -2.04. The molecule has 2 aliphatic rings. The summed E-state index contributed by atoms with van der Waals surface area (Å²) in [7, 11) is 0. The molecule has 2 fully saturated rings. The molecule has 0 unspecified atom stereocenters. The van der Waals surface area contributed by atoms with E-state index < -0.39 is 0 Å². The van der Waals surface area contributed by atoms with Crippen molar-refractivity contribution in [2.24, 2.45) is 11.8 Å². The van der Waals surface area contributed by atoms with E-state index in [-0.39, 0.29) is 0 Å². The lowest BCUT2D eigenvalue weighted by Crippen LogP contribution is -1.94. The van der Waals surface area contributed by atoms with Gasteiger partial charge in [0.15, 0.2) is 0 Å². The fourth-order valence-corrected chi connectivity index (χ4v) is 2.34. The molecule has 2 bridgehead atoms. The number of hydrogen-bond donors (Lipinski definition) is 0. The van der Waals surface area contributed by atoms with Crippen LogP contribution in [0.25, 0.3) is 0 Å². The maximum Gasteiger partial charge on any atom is -0.0210 e. The molecule has 1 radical (unpaired) electrons. The third-order valence-corrected chi connectivity index (χ3v) is 3.02. The molecule has 2 saturated carbocycles. The molecule has 0 aliphatic heterocycles. The fourth-order valence-electron chi connectivity index (χ4n) is 2.34. The molecule has 0 nitrogen and oxygen atoms in total.